The molecule has 0 aromatic rings. The van der Waals surface area contributed by atoms with Crippen LogP contribution < -0.4 is 0 Å². The van der Waals surface area contributed by atoms with E-state index in [9.17, 15) is 0 Å². The van der Waals surface area contributed by atoms with Crippen LogP contribution in [0.15, 0.2) is 6.08 Å². The molecule has 0 bridgehead atoms. The Bertz CT molecular complexity index is 18.1. The second-order valence-corrected chi connectivity index (χ2v) is 0.644. The maximum Gasteiger partial charge on any atom is 2.00 e. The van der Waals surface area contributed by atoms with E-state index in [2.05, 4.69) is 6.92 Å². The molecule has 0 saturated carbocycles. The summed E-state index contributed by atoms with van der Waals surface area (Å²) in [6.45, 7) is 11.9. The Morgan fingerprint density at radius 2 is 1.71 bits per heavy atom. The summed E-state index contributed by atoms with van der Waals surface area (Å²) in [4.78, 5) is 0. The molecule has 1 heteroatoms. The topological polar surface area (TPSA) is 0 Å². The van der Waals surface area contributed by atoms with Crippen LogP contribution in [0.1, 0.15) is 20.3 Å². The first-order chi connectivity index (χ1) is 2.91. The molecule has 0 aliphatic carbocycles. The standard InChI is InChI=1S/C4H7.C2H5.W/c1-3-4-2;1-2;/h1,3H,4H2,2H3;1H2,2H3;/q2*-1;+2. The van der Waals surface area contributed by atoms with E-state index in [4.69, 9.17) is 6.58 Å². The predicted octanol–water partition coefficient (Wildman–Crippen LogP) is 2.22. The van der Waals surface area contributed by atoms with Crippen molar-refractivity contribution in [3.05, 3.63) is 19.6 Å². The molecule has 0 heterocycles. The number of rotatable bonds is 1. The Morgan fingerprint density at radius 1 is 1.57 bits per heavy atom. The third kappa shape index (κ3) is 61.8. The van der Waals surface area contributed by atoms with Crippen molar-refractivity contribution in [2.45, 2.75) is 20.3 Å². The zero-order chi connectivity index (χ0) is 5.41. The monoisotopic (exact) mass is 268 g/mol. The molecule has 0 aromatic heterocycles. The summed E-state index contributed by atoms with van der Waals surface area (Å²) in [5, 5.41) is 0. The van der Waals surface area contributed by atoms with E-state index in [1.165, 1.54) is 0 Å². The van der Waals surface area contributed by atoms with Crippen molar-refractivity contribution in [2.75, 3.05) is 0 Å². The molecule has 0 aliphatic rings. The minimum atomic E-state index is 0. The number of hydrogen-bond donors (Lipinski definition) is 0. The fraction of sp³-hybridized carbons (Fsp3) is 0.500. The van der Waals surface area contributed by atoms with Crippen LogP contribution in [0.4, 0.5) is 0 Å². The molecule has 0 nitrogen and oxygen atoms in total. The summed E-state index contributed by atoms with van der Waals surface area (Å²) >= 11 is 0. The second kappa shape index (κ2) is 32.1. The quantitative estimate of drug-likeness (QED) is 0.640. The summed E-state index contributed by atoms with van der Waals surface area (Å²) in [7, 11) is 0. The molecule has 0 aromatic carbocycles. The van der Waals surface area contributed by atoms with Gasteiger partial charge in [-0.3, -0.25) is 6.08 Å². The van der Waals surface area contributed by atoms with Crippen LogP contribution in [0, 0.1) is 13.5 Å². The van der Waals surface area contributed by atoms with Crippen LogP contribution in [0.2, 0.25) is 0 Å². The van der Waals surface area contributed by atoms with E-state index >= 15 is 0 Å². The summed E-state index contributed by atoms with van der Waals surface area (Å²) in [5.74, 6) is 0. The number of allylic oxidation sites excluding steroid dienone is 1. The van der Waals surface area contributed by atoms with Crippen LogP contribution in [-0.2, 0) is 21.1 Å². The molecule has 7 heavy (non-hydrogen) atoms. The van der Waals surface area contributed by atoms with Gasteiger partial charge in [-0.25, -0.2) is 0 Å². The van der Waals surface area contributed by atoms with Gasteiger partial charge >= 0.3 is 21.1 Å². The molecule has 0 aliphatic heterocycles. The SMILES string of the molecule is [CH-]=CCC.[CH2-]C.[W+2]. The van der Waals surface area contributed by atoms with Crippen molar-refractivity contribution < 1.29 is 21.1 Å². The van der Waals surface area contributed by atoms with Crippen molar-refractivity contribution in [3.63, 3.8) is 0 Å². The molecular formula is C6H12W. The van der Waals surface area contributed by atoms with Crippen molar-refractivity contribution in [3.8, 4) is 0 Å². The average Bonchev–Trinajstić information content (AvgIpc) is 1.72. The van der Waals surface area contributed by atoms with Crippen LogP contribution in [0.5, 0.6) is 0 Å². The Labute approximate surface area is 61.3 Å². The van der Waals surface area contributed by atoms with Crippen molar-refractivity contribution in [2.24, 2.45) is 0 Å². The summed E-state index contributed by atoms with van der Waals surface area (Å²) in [6, 6.07) is 0. The van der Waals surface area contributed by atoms with E-state index in [0.29, 0.717) is 0 Å². The van der Waals surface area contributed by atoms with Crippen LogP contribution >= 0.6 is 0 Å². The average molecular weight is 268 g/mol. The third-order valence-corrected chi connectivity index (χ3v) is 0.236. The molecule has 0 N–H and O–H groups in total. The van der Waals surface area contributed by atoms with E-state index < -0.39 is 0 Å². The molecule has 0 spiro atoms. The molecule has 0 atom stereocenters. The van der Waals surface area contributed by atoms with E-state index in [1.807, 2.05) is 6.92 Å². The maximum absolute atomic E-state index is 4.90. The molecule has 0 fully saturated rings. The van der Waals surface area contributed by atoms with Gasteiger partial charge in [-0.15, -0.1) is 0 Å². The first-order valence-electron chi connectivity index (χ1n) is 2.16. The Morgan fingerprint density at radius 3 is 1.71 bits per heavy atom. The second-order valence-electron chi connectivity index (χ2n) is 0.644. The zero-order valence-corrected chi connectivity index (χ0v) is 7.91. The molecule has 0 amide bonds. The van der Waals surface area contributed by atoms with E-state index in [-0.39, 0.29) is 21.1 Å². The molecule has 0 saturated heterocycles. The molecule has 0 unspecified atom stereocenters. The van der Waals surface area contributed by atoms with Crippen LogP contribution in [0.25, 0.3) is 0 Å². The van der Waals surface area contributed by atoms with Crippen LogP contribution in [0.3, 0.4) is 0 Å². The summed E-state index contributed by atoms with van der Waals surface area (Å²) in [5.41, 5.74) is 0. The van der Waals surface area contributed by atoms with Gasteiger partial charge in [0.1, 0.15) is 0 Å². The molecule has 0 rings (SSSR count). The van der Waals surface area contributed by atoms with Gasteiger partial charge in [-0.1, -0.05) is 13.3 Å². The minimum Gasteiger partial charge on any atom is -0.518 e. The molecule has 0 radical (unpaired) electrons. The van der Waals surface area contributed by atoms with Gasteiger partial charge in [0, 0.05) is 0 Å². The number of hydrogen-bond acceptors (Lipinski definition) is 0. The third-order valence-electron chi connectivity index (χ3n) is 0.236. The smallest absolute Gasteiger partial charge is 0.518 e. The van der Waals surface area contributed by atoms with Gasteiger partial charge < -0.3 is 13.5 Å². The predicted molar refractivity (Wildman–Crippen MR) is 30.2 cm³/mol. The Balaban J connectivity index is -0.0000000480. The zero-order valence-electron chi connectivity index (χ0n) is 4.98. The van der Waals surface area contributed by atoms with Crippen molar-refractivity contribution >= 4 is 0 Å². The first kappa shape index (κ1) is 15.7. The Hall–Kier alpha value is 0.428. The van der Waals surface area contributed by atoms with Gasteiger partial charge in [0.2, 0.25) is 0 Å². The van der Waals surface area contributed by atoms with Gasteiger partial charge in [0.05, 0.1) is 0 Å². The van der Waals surface area contributed by atoms with Gasteiger partial charge in [0.15, 0.2) is 0 Å². The minimum absolute atomic E-state index is 0. The van der Waals surface area contributed by atoms with Gasteiger partial charge in [0.25, 0.3) is 0 Å². The molecular weight excluding hydrogens is 256 g/mol. The molecule has 42 valence electrons. The first-order valence-corrected chi connectivity index (χ1v) is 2.16. The van der Waals surface area contributed by atoms with Gasteiger partial charge in [-0.2, -0.15) is 6.92 Å². The Kier molecular flexibility index (Phi) is 71.8. The maximum atomic E-state index is 4.90. The largest absolute Gasteiger partial charge is 2.00 e. The van der Waals surface area contributed by atoms with E-state index in [1.54, 1.807) is 13.0 Å². The normalized spacial score (nSPS) is 4.43. The van der Waals surface area contributed by atoms with Crippen LogP contribution in [-0.4, -0.2) is 0 Å². The fourth-order valence-electron chi connectivity index (χ4n) is 0. The fourth-order valence-corrected chi connectivity index (χ4v) is 0. The van der Waals surface area contributed by atoms with Gasteiger partial charge in [-0.05, 0) is 0 Å². The van der Waals surface area contributed by atoms with Crippen molar-refractivity contribution in [1.82, 2.24) is 0 Å². The summed E-state index contributed by atoms with van der Waals surface area (Å²) < 4.78 is 0. The van der Waals surface area contributed by atoms with Crippen molar-refractivity contribution in [1.29, 1.82) is 0 Å². The van der Waals surface area contributed by atoms with E-state index in [0.717, 1.165) is 6.42 Å². The summed E-state index contributed by atoms with van der Waals surface area (Å²) in [6.07, 6.45) is 2.60.